The summed E-state index contributed by atoms with van der Waals surface area (Å²) in [5.74, 6) is -0.556. The highest BCUT2D eigenvalue weighted by Crippen LogP contribution is 2.10. The van der Waals surface area contributed by atoms with Gasteiger partial charge in [0.2, 0.25) is 5.91 Å². The standard InChI is InChI=1S/C10H13N2O/c1-7-4-8(5-10(12)13)2-3-9(7)6-11/h2-4,12H,5-6,11H2,1H3. The first-order valence-electron chi connectivity index (χ1n) is 4.16. The topological polar surface area (TPSA) is 66.9 Å². The predicted molar refractivity (Wildman–Crippen MR) is 50.9 cm³/mol. The summed E-state index contributed by atoms with van der Waals surface area (Å²) in [6.45, 7) is 2.47. The molecule has 1 amide bonds. The maximum Gasteiger partial charge on any atom is 0.242 e. The highest BCUT2D eigenvalue weighted by atomic mass is 16.1. The fourth-order valence-electron chi connectivity index (χ4n) is 1.28. The van der Waals surface area contributed by atoms with Crippen LogP contribution < -0.4 is 11.5 Å². The second-order valence-corrected chi connectivity index (χ2v) is 3.06. The van der Waals surface area contributed by atoms with Crippen LogP contribution in [0.2, 0.25) is 0 Å². The van der Waals surface area contributed by atoms with Crippen LogP contribution in [0.5, 0.6) is 0 Å². The molecule has 0 heterocycles. The third-order valence-electron chi connectivity index (χ3n) is 1.99. The largest absolute Gasteiger partial charge is 0.326 e. The molecule has 0 fully saturated rings. The molecule has 3 N–H and O–H groups in total. The number of hydrogen-bond acceptors (Lipinski definition) is 2. The van der Waals surface area contributed by atoms with Crippen molar-refractivity contribution in [2.24, 2.45) is 5.73 Å². The molecule has 0 aliphatic rings. The summed E-state index contributed by atoms with van der Waals surface area (Å²) in [5, 5.41) is 0. The fraction of sp³-hybridized carbons (Fsp3) is 0.300. The van der Waals surface area contributed by atoms with Gasteiger partial charge in [-0.25, -0.2) is 0 Å². The molecule has 0 atom stereocenters. The molecule has 0 aliphatic heterocycles. The van der Waals surface area contributed by atoms with E-state index >= 15 is 0 Å². The van der Waals surface area contributed by atoms with Crippen LogP contribution in [0.25, 0.3) is 0 Å². The zero-order valence-corrected chi connectivity index (χ0v) is 7.63. The molecule has 3 nitrogen and oxygen atoms in total. The van der Waals surface area contributed by atoms with Crippen LogP contribution >= 0.6 is 0 Å². The lowest BCUT2D eigenvalue weighted by Gasteiger charge is -2.04. The number of benzene rings is 1. The van der Waals surface area contributed by atoms with E-state index in [1.54, 1.807) is 0 Å². The van der Waals surface area contributed by atoms with Gasteiger partial charge in [-0.2, -0.15) is 0 Å². The minimum atomic E-state index is -0.556. The van der Waals surface area contributed by atoms with Gasteiger partial charge < -0.3 is 5.73 Å². The van der Waals surface area contributed by atoms with Gasteiger partial charge >= 0.3 is 0 Å². The Morgan fingerprint density at radius 1 is 1.54 bits per heavy atom. The molecule has 1 aromatic carbocycles. The fourth-order valence-corrected chi connectivity index (χ4v) is 1.28. The van der Waals surface area contributed by atoms with E-state index in [1.807, 2.05) is 25.1 Å². The molecule has 1 radical (unpaired) electrons. The van der Waals surface area contributed by atoms with Crippen LogP contribution in [0, 0.1) is 6.92 Å². The number of rotatable bonds is 3. The van der Waals surface area contributed by atoms with Crippen molar-refractivity contribution in [3.05, 3.63) is 34.9 Å². The van der Waals surface area contributed by atoms with Crippen LogP contribution in [0.15, 0.2) is 18.2 Å². The van der Waals surface area contributed by atoms with Crippen LogP contribution in [0.3, 0.4) is 0 Å². The zero-order chi connectivity index (χ0) is 9.84. The third kappa shape index (κ3) is 2.56. The lowest BCUT2D eigenvalue weighted by atomic mass is 10.0. The second-order valence-electron chi connectivity index (χ2n) is 3.06. The lowest BCUT2D eigenvalue weighted by molar-refractivity contribution is -0.118. The van der Waals surface area contributed by atoms with Crippen molar-refractivity contribution in [1.82, 2.24) is 5.73 Å². The SMILES string of the molecule is Cc1cc(CC([NH])=O)ccc1CN. The van der Waals surface area contributed by atoms with Gasteiger partial charge in [0.25, 0.3) is 0 Å². The lowest BCUT2D eigenvalue weighted by Crippen LogP contribution is -2.04. The molecule has 0 aliphatic carbocycles. The molecule has 0 aromatic heterocycles. The minimum absolute atomic E-state index is 0.186. The van der Waals surface area contributed by atoms with E-state index in [2.05, 4.69) is 0 Å². The van der Waals surface area contributed by atoms with Gasteiger partial charge in [0.15, 0.2) is 0 Å². The molecule has 1 rings (SSSR count). The summed E-state index contributed by atoms with van der Waals surface area (Å²) in [4.78, 5) is 10.5. The molecule has 13 heavy (non-hydrogen) atoms. The summed E-state index contributed by atoms with van der Waals surface area (Å²) in [6, 6.07) is 5.67. The van der Waals surface area contributed by atoms with Crippen molar-refractivity contribution in [3.63, 3.8) is 0 Å². The monoisotopic (exact) mass is 177 g/mol. The first-order chi connectivity index (χ1) is 6.13. The van der Waals surface area contributed by atoms with E-state index in [4.69, 9.17) is 11.5 Å². The third-order valence-corrected chi connectivity index (χ3v) is 1.99. The molecular formula is C10H13N2O. The molecule has 0 bridgehead atoms. The van der Waals surface area contributed by atoms with E-state index in [0.29, 0.717) is 6.54 Å². The van der Waals surface area contributed by atoms with E-state index in [0.717, 1.165) is 16.7 Å². The molecule has 0 saturated carbocycles. The number of carbonyl (C=O) groups excluding carboxylic acids is 1. The van der Waals surface area contributed by atoms with Crippen LogP contribution in [0.1, 0.15) is 16.7 Å². The molecular weight excluding hydrogens is 164 g/mol. The van der Waals surface area contributed by atoms with E-state index in [1.165, 1.54) is 0 Å². The summed E-state index contributed by atoms with van der Waals surface area (Å²) in [7, 11) is 0. The summed E-state index contributed by atoms with van der Waals surface area (Å²) in [5.41, 5.74) is 15.4. The number of carbonyl (C=O) groups is 1. The maximum atomic E-state index is 10.5. The average Bonchev–Trinajstić information content (AvgIpc) is 2.03. The molecule has 1 aromatic rings. The first-order valence-corrected chi connectivity index (χ1v) is 4.16. The molecule has 69 valence electrons. The van der Waals surface area contributed by atoms with Gasteiger partial charge in [0.05, 0.1) is 6.42 Å². The van der Waals surface area contributed by atoms with Crippen molar-refractivity contribution >= 4 is 5.91 Å². The van der Waals surface area contributed by atoms with Gasteiger partial charge in [0.1, 0.15) is 0 Å². The van der Waals surface area contributed by atoms with Crippen molar-refractivity contribution in [2.45, 2.75) is 19.9 Å². The van der Waals surface area contributed by atoms with E-state index in [9.17, 15) is 4.79 Å². The number of nitrogens with one attached hydrogen (secondary N) is 1. The Morgan fingerprint density at radius 2 is 2.23 bits per heavy atom. The Kier molecular flexibility index (Phi) is 3.03. The van der Waals surface area contributed by atoms with Crippen LogP contribution in [0.4, 0.5) is 0 Å². The van der Waals surface area contributed by atoms with Gasteiger partial charge in [-0.15, -0.1) is 0 Å². The summed E-state index contributed by atoms with van der Waals surface area (Å²) < 4.78 is 0. The van der Waals surface area contributed by atoms with Crippen LogP contribution in [-0.2, 0) is 17.8 Å². The molecule has 0 saturated heterocycles. The number of nitrogens with two attached hydrogens (primary N) is 1. The quantitative estimate of drug-likeness (QED) is 0.742. The maximum absolute atomic E-state index is 10.5. The average molecular weight is 177 g/mol. The van der Waals surface area contributed by atoms with Crippen molar-refractivity contribution in [2.75, 3.05) is 0 Å². The van der Waals surface area contributed by atoms with Gasteiger partial charge in [-0.3, -0.25) is 10.5 Å². The molecule has 3 heteroatoms. The Balaban J connectivity index is 2.89. The number of aryl methyl sites for hydroxylation is 1. The Bertz CT molecular complexity index is 321. The van der Waals surface area contributed by atoms with Crippen LogP contribution in [-0.4, -0.2) is 5.91 Å². The van der Waals surface area contributed by atoms with Crippen molar-refractivity contribution < 1.29 is 4.79 Å². The Morgan fingerprint density at radius 3 is 2.69 bits per heavy atom. The first kappa shape index (κ1) is 9.74. The van der Waals surface area contributed by atoms with Gasteiger partial charge in [-0.1, -0.05) is 18.2 Å². The number of hydrogen-bond donors (Lipinski definition) is 1. The summed E-state index contributed by atoms with van der Waals surface area (Å²) >= 11 is 0. The second kappa shape index (κ2) is 4.05. The zero-order valence-electron chi connectivity index (χ0n) is 7.63. The Labute approximate surface area is 77.7 Å². The molecule has 0 spiro atoms. The molecule has 0 unspecified atom stereocenters. The van der Waals surface area contributed by atoms with Crippen molar-refractivity contribution in [3.8, 4) is 0 Å². The van der Waals surface area contributed by atoms with Gasteiger partial charge in [-0.05, 0) is 23.6 Å². The predicted octanol–water partition coefficient (Wildman–Crippen LogP) is 0.806. The van der Waals surface area contributed by atoms with E-state index in [-0.39, 0.29) is 6.42 Å². The minimum Gasteiger partial charge on any atom is -0.326 e. The Hall–Kier alpha value is -1.35. The van der Waals surface area contributed by atoms with E-state index < -0.39 is 5.91 Å². The van der Waals surface area contributed by atoms with Gasteiger partial charge in [0, 0.05) is 6.54 Å². The normalized spacial score (nSPS) is 10.0. The highest BCUT2D eigenvalue weighted by molar-refractivity contribution is 5.75. The smallest absolute Gasteiger partial charge is 0.242 e. The van der Waals surface area contributed by atoms with Crippen molar-refractivity contribution in [1.29, 1.82) is 0 Å². The summed E-state index contributed by atoms with van der Waals surface area (Å²) in [6.07, 6.45) is 0.186. The highest BCUT2D eigenvalue weighted by Gasteiger charge is 2.01. The number of amides is 1.